The number of carboxylic acid groups (broad SMARTS) is 1. The van der Waals surface area contributed by atoms with E-state index < -0.39 is 6.09 Å². The van der Waals surface area contributed by atoms with E-state index in [4.69, 9.17) is 5.11 Å². The van der Waals surface area contributed by atoms with Crippen molar-refractivity contribution in [3.8, 4) is 0 Å². The van der Waals surface area contributed by atoms with Crippen LogP contribution in [0.4, 0.5) is 4.79 Å². The second-order valence-corrected chi connectivity index (χ2v) is 4.80. The zero-order chi connectivity index (χ0) is 11.5. The van der Waals surface area contributed by atoms with Crippen LogP contribution in [0.25, 0.3) is 0 Å². The predicted octanol–water partition coefficient (Wildman–Crippen LogP) is 1.13. The van der Waals surface area contributed by atoms with E-state index in [9.17, 15) is 4.79 Å². The lowest BCUT2D eigenvalue weighted by molar-refractivity contribution is 0.132. The average molecular weight is 241 g/mol. The molecule has 0 bridgehead atoms. The van der Waals surface area contributed by atoms with Crippen LogP contribution in [-0.2, 0) is 7.05 Å². The summed E-state index contributed by atoms with van der Waals surface area (Å²) in [7, 11) is 1.97. The second-order valence-electron chi connectivity index (χ2n) is 3.93. The summed E-state index contributed by atoms with van der Waals surface area (Å²) < 4.78 is 1.99. The van der Waals surface area contributed by atoms with Crippen LogP contribution in [0.3, 0.4) is 0 Å². The van der Waals surface area contributed by atoms with Crippen LogP contribution in [0.1, 0.15) is 12.8 Å². The molecule has 0 saturated carbocycles. The summed E-state index contributed by atoms with van der Waals surface area (Å²) in [4.78, 5) is 17.8. The lowest BCUT2D eigenvalue weighted by atomic mass is 10.1. The Kier molecular flexibility index (Phi) is 3.28. The van der Waals surface area contributed by atoms with Crippen LogP contribution in [0.5, 0.6) is 0 Å². The van der Waals surface area contributed by atoms with Crippen molar-refractivity contribution >= 4 is 17.4 Å². The third-order valence-corrected chi connectivity index (χ3v) is 3.65. The molecule has 0 spiro atoms. The quantitative estimate of drug-likeness (QED) is 0.801. The average Bonchev–Trinajstić information content (AvgIpc) is 2.65. The molecule has 2 rings (SSSR count). The molecule has 2 heterocycles. The summed E-state index contributed by atoms with van der Waals surface area (Å²) in [5.74, 6) is 0. The number of hydrogen-bond acceptors (Lipinski definition) is 3. The molecule has 1 aromatic heterocycles. The molecule has 1 fully saturated rings. The number of rotatable bonds is 1. The van der Waals surface area contributed by atoms with Crippen molar-refractivity contribution in [1.29, 1.82) is 0 Å². The van der Waals surface area contributed by atoms with Crippen molar-refractivity contribution in [1.82, 2.24) is 9.47 Å². The minimum Gasteiger partial charge on any atom is -0.465 e. The number of hydrogen-bond donors (Lipinski definition) is 1. The maximum atomic E-state index is 10.7. The zero-order valence-electron chi connectivity index (χ0n) is 9.17. The van der Waals surface area contributed by atoms with Gasteiger partial charge in [0, 0.05) is 31.7 Å². The monoisotopic (exact) mass is 241 g/mol. The van der Waals surface area contributed by atoms with E-state index in [1.54, 1.807) is 11.3 Å². The molecule has 1 N–H and O–H groups in total. The summed E-state index contributed by atoms with van der Waals surface area (Å²) >= 11 is 1.62. The van der Waals surface area contributed by atoms with E-state index in [0.717, 1.165) is 17.6 Å². The van der Waals surface area contributed by atoms with Crippen LogP contribution < -0.4 is 4.80 Å². The lowest BCUT2D eigenvalue weighted by Gasteiger charge is -2.27. The van der Waals surface area contributed by atoms with Crippen molar-refractivity contribution in [2.45, 2.75) is 18.9 Å². The van der Waals surface area contributed by atoms with Gasteiger partial charge in [-0.15, -0.1) is 11.3 Å². The van der Waals surface area contributed by atoms with Gasteiger partial charge in [0.1, 0.15) is 0 Å². The lowest BCUT2D eigenvalue weighted by Crippen LogP contribution is -2.39. The van der Waals surface area contributed by atoms with Crippen LogP contribution in [-0.4, -0.2) is 39.8 Å². The molecule has 1 aliphatic rings. The van der Waals surface area contributed by atoms with Crippen LogP contribution in [0, 0.1) is 0 Å². The Hall–Kier alpha value is -1.30. The number of aryl methyl sites for hydroxylation is 1. The van der Waals surface area contributed by atoms with Gasteiger partial charge in [-0.1, -0.05) is 0 Å². The van der Waals surface area contributed by atoms with Gasteiger partial charge in [-0.25, -0.2) is 4.79 Å². The summed E-state index contributed by atoms with van der Waals surface area (Å²) in [5, 5.41) is 10.8. The second kappa shape index (κ2) is 4.69. The van der Waals surface area contributed by atoms with Crippen molar-refractivity contribution in [3.05, 3.63) is 16.4 Å². The van der Waals surface area contributed by atoms with Gasteiger partial charge in [-0.3, -0.25) is 4.99 Å². The Bertz CT molecular complexity index is 429. The number of piperidine rings is 1. The fourth-order valence-electron chi connectivity index (χ4n) is 1.79. The van der Waals surface area contributed by atoms with Gasteiger partial charge in [-0.05, 0) is 12.8 Å². The molecule has 0 radical (unpaired) electrons. The highest BCUT2D eigenvalue weighted by molar-refractivity contribution is 7.07. The van der Waals surface area contributed by atoms with Gasteiger partial charge in [0.15, 0.2) is 4.80 Å². The Morgan fingerprint density at radius 2 is 2.25 bits per heavy atom. The molecule has 6 heteroatoms. The Morgan fingerprint density at radius 3 is 2.75 bits per heavy atom. The first kappa shape index (κ1) is 11.2. The molecule has 0 aliphatic carbocycles. The third kappa shape index (κ3) is 2.44. The molecule has 0 unspecified atom stereocenters. The number of amides is 1. The first-order valence-corrected chi connectivity index (χ1v) is 6.16. The topological polar surface area (TPSA) is 57.8 Å². The summed E-state index contributed by atoms with van der Waals surface area (Å²) in [6, 6.07) is 0.264. The van der Waals surface area contributed by atoms with E-state index in [2.05, 4.69) is 4.99 Å². The number of thiazole rings is 1. The van der Waals surface area contributed by atoms with E-state index in [-0.39, 0.29) is 6.04 Å². The SMILES string of the molecule is Cn1ccsc1=NC1CCN(C(=O)O)CC1. The first-order chi connectivity index (χ1) is 7.66. The van der Waals surface area contributed by atoms with Crippen molar-refractivity contribution in [2.24, 2.45) is 12.0 Å². The van der Waals surface area contributed by atoms with E-state index in [1.807, 2.05) is 23.2 Å². The van der Waals surface area contributed by atoms with Gasteiger partial charge in [0.2, 0.25) is 0 Å². The number of nitrogens with zero attached hydrogens (tertiary/aromatic N) is 3. The molecule has 88 valence electrons. The van der Waals surface area contributed by atoms with Crippen LogP contribution in [0.2, 0.25) is 0 Å². The smallest absolute Gasteiger partial charge is 0.407 e. The van der Waals surface area contributed by atoms with Gasteiger partial charge >= 0.3 is 6.09 Å². The highest BCUT2D eigenvalue weighted by Gasteiger charge is 2.21. The predicted molar refractivity (Wildman–Crippen MR) is 61.5 cm³/mol. The number of carbonyl (C=O) groups is 1. The molecule has 1 aromatic rings. The van der Waals surface area contributed by atoms with E-state index in [0.29, 0.717) is 13.1 Å². The molecule has 1 aliphatic heterocycles. The fourth-order valence-corrected chi connectivity index (χ4v) is 2.60. The third-order valence-electron chi connectivity index (χ3n) is 2.79. The molecule has 0 atom stereocenters. The molecule has 0 aromatic carbocycles. The molecule has 16 heavy (non-hydrogen) atoms. The van der Waals surface area contributed by atoms with Gasteiger partial charge < -0.3 is 14.6 Å². The van der Waals surface area contributed by atoms with Crippen molar-refractivity contribution < 1.29 is 9.90 Å². The number of aromatic nitrogens is 1. The summed E-state index contributed by atoms with van der Waals surface area (Å²) in [5.41, 5.74) is 0. The number of likely N-dealkylation sites (tertiary alicyclic amines) is 1. The minimum atomic E-state index is -0.819. The summed E-state index contributed by atoms with van der Waals surface area (Å²) in [6.45, 7) is 1.19. The molecule has 1 saturated heterocycles. The minimum absolute atomic E-state index is 0.264. The summed E-state index contributed by atoms with van der Waals surface area (Å²) in [6.07, 6.45) is 2.81. The highest BCUT2D eigenvalue weighted by Crippen LogP contribution is 2.13. The normalized spacial score (nSPS) is 19.1. The zero-order valence-corrected chi connectivity index (χ0v) is 9.98. The van der Waals surface area contributed by atoms with Gasteiger partial charge in [0.25, 0.3) is 0 Å². The maximum absolute atomic E-state index is 10.7. The van der Waals surface area contributed by atoms with E-state index in [1.165, 1.54) is 4.90 Å². The van der Waals surface area contributed by atoms with Gasteiger partial charge in [0.05, 0.1) is 6.04 Å². The molecule has 5 nitrogen and oxygen atoms in total. The Balaban J connectivity index is 2.01. The Morgan fingerprint density at radius 1 is 1.56 bits per heavy atom. The highest BCUT2D eigenvalue weighted by atomic mass is 32.1. The molecular formula is C10H15N3O2S. The largest absolute Gasteiger partial charge is 0.465 e. The first-order valence-electron chi connectivity index (χ1n) is 5.28. The maximum Gasteiger partial charge on any atom is 0.407 e. The van der Waals surface area contributed by atoms with E-state index >= 15 is 0 Å². The fraction of sp³-hybridized carbons (Fsp3) is 0.600. The van der Waals surface area contributed by atoms with Gasteiger partial charge in [-0.2, -0.15) is 0 Å². The van der Waals surface area contributed by atoms with Crippen molar-refractivity contribution in [3.63, 3.8) is 0 Å². The standard InChI is InChI=1S/C10H15N3O2S/c1-12-6-7-16-9(12)11-8-2-4-13(5-3-8)10(14)15/h6-8H,2-5H2,1H3,(H,14,15). The van der Waals surface area contributed by atoms with Crippen LogP contribution in [0.15, 0.2) is 16.6 Å². The van der Waals surface area contributed by atoms with Crippen molar-refractivity contribution in [2.75, 3.05) is 13.1 Å². The Labute approximate surface area is 97.7 Å². The van der Waals surface area contributed by atoms with Crippen LogP contribution >= 0.6 is 11.3 Å². The molecular weight excluding hydrogens is 226 g/mol. The molecule has 1 amide bonds.